The van der Waals surface area contributed by atoms with Gasteiger partial charge in [0.1, 0.15) is 11.8 Å². The molecule has 0 saturated carbocycles. The Kier molecular flexibility index (Phi) is 5.74. The number of hydrogen-bond acceptors (Lipinski definition) is 3. The molecule has 0 fully saturated rings. The molecule has 0 aliphatic rings. The zero-order valence-corrected chi connectivity index (χ0v) is 14.7. The third kappa shape index (κ3) is 3.82. The van der Waals surface area contributed by atoms with Gasteiger partial charge in [-0.1, -0.05) is 46.9 Å². The minimum Gasteiger partial charge on any atom is -0.511 e. The zero-order chi connectivity index (χ0) is 17.9. The molecular formula is C17H11Cl3N2O2. The summed E-state index contributed by atoms with van der Waals surface area (Å²) in [5.74, 6) is -1.12. The van der Waals surface area contributed by atoms with Crippen molar-refractivity contribution in [3.05, 3.63) is 62.8 Å². The van der Waals surface area contributed by atoms with Crippen molar-refractivity contribution in [1.29, 1.82) is 5.26 Å². The largest absolute Gasteiger partial charge is 0.511 e. The second kappa shape index (κ2) is 7.59. The fourth-order valence-electron chi connectivity index (χ4n) is 2.03. The van der Waals surface area contributed by atoms with E-state index in [9.17, 15) is 9.90 Å². The molecule has 0 radical (unpaired) electrons. The summed E-state index contributed by atoms with van der Waals surface area (Å²) in [6.07, 6.45) is 0. The van der Waals surface area contributed by atoms with E-state index in [0.717, 1.165) is 0 Å². The van der Waals surface area contributed by atoms with E-state index in [1.807, 2.05) is 0 Å². The number of anilines is 1. The van der Waals surface area contributed by atoms with Crippen LogP contribution in [0.25, 0.3) is 11.1 Å². The number of aliphatic hydroxyl groups excluding tert-OH is 1. The molecule has 2 aromatic rings. The van der Waals surface area contributed by atoms with E-state index in [-0.39, 0.29) is 16.4 Å². The molecule has 0 aliphatic carbocycles. The highest BCUT2D eigenvalue weighted by atomic mass is 35.5. The van der Waals surface area contributed by atoms with Gasteiger partial charge >= 0.3 is 0 Å². The SMILES string of the molecule is CC(O)=C(C#N)C(=O)Nc1ccc(-c2c(Cl)cccc2Cl)cc1Cl. The third-order valence-electron chi connectivity index (χ3n) is 3.17. The molecular weight excluding hydrogens is 371 g/mol. The topological polar surface area (TPSA) is 73.1 Å². The van der Waals surface area contributed by atoms with Crippen molar-refractivity contribution >= 4 is 46.4 Å². The average molecular weight is 382 g/mol. The molecule has 0 heterocycles. The normalized spacial score (nSPS) is 11.5. The molecule has 122 valence electrons. The number of nitrogens with zero attached hydrogens (tertiary/aromatic N) is 1. The van der Waals surface area contributed by atoms with Crippen LogP contribution in [0.5, 0.6) is 0 Å². The Bertz CT molecular complexity index is 862. The summed E-state index contributed by atoms with van der Waals surface area (Å²) >= 11 is 18.5. The van der Waals surface area contributed by atoms with E-state index >= 15 is 0 Å². The fourth-order valence-corrected chi connectivity index (χ4v) is 2.87. The number of nitriles is 1. The van der Waals surface area contributed by atoms with Gasteiger partial charge in [-0.25, -0.2) is 0 Å². The Morgan fingerprint density at radius 3 is 2.25 bits per heavy atom. The number of rotatable bonds is 3. The van der Waals surface area contributed by atoms with Gasteiger partial charge in [0.05, 0.1) is 10.7 Å². The number of benzene rings is 2. The van der Waals surface area contributed by atoms with Gasteiger partial charge in [-0.3, -0.25) is 4.79 Å². The third-order valence-corrected chi connectivity index (χ3v) is 4.11. The van der Waals surface area contributed by atoms with E-state index in [1.54, 1.807) is 42.5 Å². The summed E-state index contributed by atoms with van der Waals surface area (Å²) in [4.78, 5) is 11.9. The summed E-state index contributed by atoms with van der Waals surface area (Å²) in [5.41, 5.74) is 1.22. The van der Waals surface area contributed by atoms with E-state index in [0.29, 0.717) is 26.9 Å². The lowest BCUT2D eigenvalue weighted by atomic mass is 10.0. The molecule has 4 nitrogen and oxygen atoms in total. The van der Waals surface area contributed by atoms with Crippen LogP contribution in [0, 0.1) is 11.3 Å². The zero-order valence-electron chi connectivity index (χ0n) is 12.4. The van der Waals surface area contributed by atoms with Gasteiger partial charge < -0.3 is 10.4 Å². The van der Waals surface area contributed by atoms with Crippen molar-refractivity contribution in [2.24, 2.45) is 0 Å². The summed E-state index contributed by atoms with van der Waals surface area (Å²) in [5, 5.41) is 21.9. The lowest BCUT2D eigenvalue weighted by molar-refractivity contribution is -0.112. The molecule has 2 N–H and O–H groups in total. The molecule has 2 rings (SSSR count). The predicted octanol–water partition coefficient (Wildman–Crippen LogP) is 5.61. The van der Waals surface area contributed by atoms with Gasteiger partial charge in [0.2, 0.25) is 0 Å². The first-order valence-corrected chi connectivity index (χ1v) is 7.83. The molecule has 0 saturated heterocycles. The Balaban J connectivity index is 2.37. The minimum absolute atomic E-state index is 0.240. The predicted molar refractivity (Wildman–Crippen MR) is 96.5 cm³/mol. The van der Waals surface area contributed by atoms with Crippen molar-refractivity contribution in [2.75, 3.05) is 5.32 Å². The Morgan fingerprint density at radius 2 is 1.75 bits per heavy atom. The second-order valence-electron chi connectivity index (χ2n) is 4.82. The van der Waals surface area contributed by atoms with Crippen molar-refractivity contribution < 1.29 is 9.90 Å². The summed E-state index contributed by atoms with van der Waals surface area (Å²) in [6, 6.07) is 11.6. The lowest BCUT2D eigenvalue weighted by Gasteiger charge is -2.11. The van der Waals surface area contributed by atoms with E-state index in [2.05, 4.69) is 5.32 Å². The molecule has 2 aromatic carbocycles. The number of aliphatic hydroxyl groups is 1. The maximum atomic E-state index is 11.9. The van der Waals surface area contributed by atoms with Crippen LogP contribution in [0.3, 0.4) is 0 Å². The number of amides is 1. The maximum absolute atomic E-state index is 11.9. The molecule has 0 spiro atoms. The number of allylic oxidation sites excluding steroid dienone is 1. The number of nitrogens with one attached hydrogen (secondary N) is 1. The standard InChI is InChI=1S/C17H11Cl3N2O2/c1-9(23)11(8-21)17(24)22-15-6-5-10(7-14(15)20)16-12(18)3-2-4-13(16)19/h2-7,23H,1H3,(H,22,24). The molecule has 0 aliphatic heterocycles. The van der Waals surface area contributed by atoms with Gasteiger partial charge in [-0.15, -0.1) is 0 Å². The van der Waals surface area contributed by atoms with Crippen LogP contribution in [0.4, 0.5) is 5.69 Å². The highest BCUT2D eigenvalue weighted by molar-refractivity contribution is 6.39. The smallest absolute Gasteiger partial charge is 0.269 e. The monoisotopic (exact) mass is 380 g/mol. The first kappa shape index (κ1) is 18.2. The van der Waals surface area contributed by atoms with E-state index in [4.69, 9.17) is 40.1 Å². The number of carbonyl (C=O) groups excluding carboxylic acids is 1. The summed E-state index contributed by atoms with van der Waals surface area (Å²) in [7, 11) is 0. The van der Waals surface area contributed by atoms with Gasteiger partial charge in [0.25, 0.3) is 5.91 Å². The molecule has 7 heteroatoms. The Labute approximate surface area is 153 Å². The molecule has 0 unspecified atom stereocenters. The van der Waals surface area contributed by atoms with Crippen LogP contribution < -0.4 is 5.32 Å². The maximum Gasteiger partial charge on any atom is 0.269 e. The summed E-state index contributed by atoms with van der Waals surface area (Å²) < 4.78 is 0. The number of carbonyl (C=O) groups is 1. The molecule has 1 amide bonds. The van der Waals surface area contributed by atoms with Gasteiger partial charge in [-0.2, -0.15) is 5.26 Å². The molecule has 0 bridgehead atoms. The minimum atomic E-state index is -0.747. The average Bonchev–Trinajstić information content (AvgIpc) is 2.50. The molecule has 24 heavy (non-hydrogen) atoms. The van der Waals surface area contributed by atoms with Crippen LogP contribution in [0.1, 0.15) is 6.92 Å². The Hall–Kier alpha value is -2.19. The van der Waals surface area contributed by atoms with Crippen molar-refractivity contribution in [3.8, 4) is 17.2 Å². The van der Waals surface area contributed by atoms with Crippen molar-refractivity contribution in [1.82, 2.24) is 0 Å². The highest BCUT2D eigenvalue weighted by Crippen LogP contribution is 2.37. The van der Waals surface area contributed by atoms with Crippen LogP contribution in [-0.2, 0) is 4.79 Å². The lowest BCUT2D eigenvalue weighted by Crippen LogP contribution is -2.15. The number of halogens is 3. The van der Waals surface area contributed by atoms with Crippen LogP contribution in [-0.4, -0.2) is 11.0 Å². The van der Waals surface area contributed by atoms with Crippen LogP contribution >= 0.6 is 34.8 Å². The quantitative estimate of drug-likeness (QED) is 0.412. The van der Waals surface area contributed by atoms with Gasteiger partial charge in [0, 0.05) is 15.6 Å². The first-order chi connectivity index (χ1) is 11.3. The summed E-state index contributed by atoms with van der Waals surface area (Å²) in [6.45, 7) is 1.25. The fraction of sp³-hybridized carbons (Fsp3) is 0.0588. The second-order valence-corrected chi connectivity index (χ2v) is 6.04. The van der Waals surface area contributed by atoms with Gasteiger partial charge in [0.15, 0.2) is 5.57 Å². The van der Waals surface area contributed by atoms with Crippen molar-refractivity contribution in [3.63, 3.8) is 0 Å². The van der Waals surface area contributed by atoms with Gasteiger partial charge in [-0.05, 0) is 36.8 Å². The highest BCUT2D eigenvalue weighted by Gasteiger charge is 2.15. The van der Waals surface area contributed by atoms with Crippen molar-refractivity contribution in [2.45, 2.75) is 6.92 Å². The molecule has 0 aromatic heterocycles. The van der Waals surface area contributed by atoms with E-state index < -0.39 is 5.91 Å². The molecule has 0 atom stereocenters. The Morgan fingerprint density at radius 1 is 1.12 bits per heavy atom. The first-order valence-electron chi connectivity index (χ1n) is 6.70. The number of hydrogen-bond donors (Lipinski definition) is 2. The van der Waals surface area contributed by atoms with Crippen LogP contribution in [0.15, 0.2) is 47.7 Å². The van der Waals surface area contributed by atoms with E-state index in [1.165, 1.54) is 6.92 Å². The van der Waals surface area contributed by atoms with Crippen LogP contribution in [0.2, 0.25) is 15.1 Å².